The normalized spacial score (nSPS) is 17.8. The summed E-state index contributed by atoms with van der Waals surface area (Å²) in [6.45, 7) is -0.810. The van der Waals surface area contributed by atoms with Crippen LogP contribution in [0.5, 0.6) is 0 Å². The maximum absolute atomic E-state index is 10.6. The molecule has 0 aromatic heterocycles. The molecule has 15 heavy (non-hydrogen) atoms. The average molecular weight is 243 g/mol. The van der Waals surface area contributed by atoms with Crippen LogP contribution in [0.15, 0.2) is 0 Å². The van der Waals surface area contributed by atoms with Crippen LogP contribution in [0.3, 0.4) is 0 Å². The van der Waals surface area contributed by atoms with Crippen LogP contribution in [-0.4, -0.2) is 51.4 Å². The molecule has 0 aromatic carbocycles. The van der Waals surface area contributed by atoms with Crippen LogP contribution in [0, 0.1) is 0 Å². The average Bonchev–Trinajstić information content (AvgIpc) is 2.22. The zero-order chi connectivity index (χ0) is 12.0. The van der Waals surface area contributed by atoms with E-state index in [2.05, 4.69) is 4.52 Å². The number of hydrogen-bond donors (Lipinski definition) is 5. The summed E-state index contributed by atoms with van der Waals surface area (Å²) >= 11 is 0. The van der Waals surface area contributed by atoms with Gasteiger partial charge < -0.3 is 20.2 Å². The molecule has 4 atom stereocenters. The summed E-state index contributed by atoms with van der Waals surface area (Å²) in [7, 11) is -3.20. The van der Waals surface area contributed by atoms with Crippen molar-refractivity contribution in [1.29, 1.82) is 0 Å². The van der Waals surface area contributed by atoms with E-state index in [-0.39, 0.29) is 0 Å². The third-order valence-corrected chi connectivity index (χ3v) is 1.81. The second kappa shape index (κ2) is 6.75. The summed E-state index contributed by atoms with van der Waals surface area (Å²) in [5, 5.41) is 35.1. The Labute approximate surface area is 84.8 Å². The highest BCUT2D eigenvalue weighted by atomic mass is 31.1. The van der Waals surface area contributed by atoms with Crippen LogP contribution in [0.4, 0.5) is 0 Å². The summed E-state index contributed by atoms with van der Waals surface area (Å²) < 4.78 is 13.9. The molecule has 0 fully saturated rings. The SMILES string of the molecule is O=C(NO)[C@@H](O)[C@H](O)[C@H](O)CO[P+](=O)[O-]. The smallest absolute Gasteiger partial charge is 0.488 e. The molecular formula is C5H10NO8P. The van der Waals surface area contributed by atoms with Gasteiger partial charge in [0, 0.05) is 0 Å². The Kier molecular flexibility index (Phi) is 6.45. The Hall–Kier alpha value is -0.670. The molecule has 0 bridgehead atoms. The molecule has 88 valence electrons. The van der Waals surface area contributed by atoms with E-state index in [9.17, 15) is 14.3 Å². The summed E-state index contributed by atoms with van der Waals surface area (Å²) in [5.41, 5.74) is 1.05. The molecule has 0 spiro atoms. The Morgan fingerprint density at radius 2 is 2.00 bits per heavy atom. The molecule has 0 aliphatic heterocycles. The maximum atomic E-state index is 10.6. The lowest BCUT2D eigenvalue weighted by Crippen LogP contribution is -2.47. The predicted molar refractivity (Wildman–Crippen MR) is 41.5 cm³/mol. The number of amides is 1. The lowest BCUT2D eigenvalue weighted by molar-refractivity contribution is -0.189. The fourth-order valence-electron chi connectivity index (χ4n) is 0.667. The van der Waals surface area contributed by atoms with E-state index in [0.717, 1.165) is 5.48 Å². The van der Waals surface area contributed by atoms with Crippen LogP contribution in [-0.2, 0) is 13.9 Å². The highest BCUT2D eigenvalue weighted by molar-refractivity contribution is 7.30. The van der Waals surface area contributed by atoms with E-state index in [1.807, 2.05) is 0 Å². The third-order valence-electron chi connectivity index (χ3n) is 1.45. The van der Waals surface area contributed by atoms with Gasteiger partial charge in [-0.05, 0) is 4.57 Å². The first-order chi connectivity index (χ1) is 6.90. The Balaban J connectivity index is 4.12. The summed E-state index contributed by atoms with van der Waals surface area (Å²) in [5.74, 6) is -1.34. The highest BCUT2D eigenvalue weighted by Crippen LogP contribution is 2.11. The van der Waals surface area contributed by atoms with Crippen LogP contribution in [0.2, 0.25) is 0 Å². The molecule has 0 aromatic rings. The summed E-state index contributed by atoms with van der Waals surface area (Å²) in [4.78, 5) is 20.5. The van der Waals surface area contributed by atoms with Crippen LogP contribution >= 0.6 is 8.25 Å². The zero-order valence-corrected chi connectivity index (χ0v) is 8.20. The fourth-order valence-corrected chi connectivity index (χ4v) is 0.942. The van der Waals surface area contributed by atoms with Gasteiger partial charge in [-0.1, -0.05) is 0 Å². The van der Waals surface area contributed by atoms with Crippen LogP contribution in [0.1, 0.15) is 0 Å². The Morgan fingerprint density at radius 3 is 2.40 bits per heavy atom. The predicted octanol–water partition coefficient (Wildman–Crippen LogP) is -3.39. The first kappa shape index (κ1) is 14.3. The van der Waals surface area contributed by atoms with Crippen molar-refractivity contribution in [3.8, 4) is 0 Å². The van der Waals surface area contributed by atoms with Gasteiger partial charge in [-0.15, -0.1) is 4.52 Å². The molecule has 0 radical (unpaired) electrons. The largest absolute Gasteiger partial charge is 0.566 e. The Morgan fingerprint density at radius 1 is 1.47 bits per heavy atom. The van der Waals surface area contributed by atoms with E-state index in [1.165, 1.54) is 0 Å². The van der Waals surface area contributed by atoms with E-state index in [0.29, 0.717) is 0 Å². The summed E-state index contributed by atoms with van der Waals surface area (Å²) in [6, 6.07) is 0. The molecule has 1 unspecified atom stereocenters. The highest BCUT2D eigenvalue weighted by Gasteiger charge is 2.31. The lowest BCUT2D eigenvalue weighted by atomic mass is 10.1. The van der Waals surface area contributed by atoms with Gasteiger partial charge in [-0.25, -0.2) is 5.48 Å². The number of carbonyl (C=O) groups excluding carboxylic acids is 1. The van der Waals surface area contributed by atoms with Crippen molar-refractivity contribution in [1.82, 2.24) is 5.48 Å². The van der Waals surface area contributed by atoms with Crippen molar-refractivity contribution in [3.63, 3.8) is 0 Å². The summed E-state index contributed by atoms with van der Waals surface area (Å²) in [6.07, 6.45) is -5.87. The molecule has 0 heterocycles. The second-order valence-corrected chi connectivity index (χ2v) is 3.20. The quantitative estimate of drug-likeness (QED) is 0.183. The first-order valence-corrected chi connectivity index (χ1v) is 4.75. The van der Waals surface area contributed by atoms with Crippen LogP contribution < -0.4 is 10.4 Å². The molecule has 0 aliphatic carbocycles. The number of aliphatic hydroxyl groups is 3. The topological polar surface area (TPSA) is 159 Å². The van der Waals surface area contributed by atoms with Crippen molar-refractivity contribution in [2.24, 2.45) is 0 Å². The molecular weight excluding hydrogens is 233 g/mol. The number of carbonyl (C=O) groups is 1. The van der Waals surface area contributed by atoms with Crippen LogP contribution in [0.25, 0.3) is 0 Å². The van der Waals surface area contributed by atoms with Gasteiger partial charge in [0.2, 0.25) is 0 Å². The van der Waals surface area contributed by atoms with Crippen molar-refractivity contribution >= 4 is 14.2 Å². The van der Waals surface area contributed by atoms with Gasteiger partial charge in [0.15, 0.2) is 6.10 Å². The standard InChI is InChI=1S/C5H10NO8P/c7-2(1-14-15(12)13)3(8)4(9)5(10)6-11/h2-4,7-9,11H,1H2,(H,6,10)/t2-,3-,4+/m1/s1. The lowest BCUT2D eigenvalue weighted by Gasteiger charge is -2.19. The van der Waals surface area contributed by atoms with E-state index in [1.54, 1.807) is 0 Å². The van der Waals surface area contributed by atoms with Gasteiger partial charge in [0.25, 0.3) is 5.91 Å². The fraction of sp³-hybridized carbons (Fsp3) is 0.800. The molecule has 10 heteroatoms. The second-order valence-electron chi connectivity index (χ2n) is 2.50. The van der Waals surface area contributed by atoms with E-state index >= 15 is 0 Å². The molecule has 0 saturated carbocycles. The molecule has 9 nitrogen and oxygen atoms in total. The van der Waals surface area contributed by atoms with Crippen molar-refractivity contribution in [2.75, 3.05) is 6.61 Å². The van der Waals surface area contributed by atoms with Gasteiger partial charge in [-0.3, -0.25) is 10.0 Å². The van der Waals surface area contributed by atoms with Gasteiger partial charge in [-0.2, -0.15) is 0 Å². The van der Waals surface area contributed by atoms with Gasteiger partial charge in [0.1, 0.15) is 18.8 Å². The van der Waals surface area contributed by atoms with E-state index in [4.69, 9.17) is 20.5 Å². The minimum absolute atomic E-state index is 0.810. The number of aliphatic hydroxyl groups excluding tert-OH is 3. The first-order valence-electron chi connectivity index (χ1n) is 3.65. The minimum Gasteiger partial charge on any atom is -0.566 e. The third kappa shape index (κ3) is 5.09. The molecule has 0 saturated heterocycles. The maximum Gasteiger partial charge on any atom is 0.488 e. The van der Waals surface area contributed by atoms with Crippen molar-refractivity contribution < 1.29 is 39.3 Å². The number of rotatable bonds is 6. The molecule has 1 amide bonds. The zero-order valence-electron chi connectivity index (χ0n) is 7.31. The Bertz CT molecular complexity index is 235. The monoisotopic (exact) mass is 243 g/mol. The van der Waals surface area contributed by atoms with Gasteiger partial charge in [0.05, 0.1) is 0 Å². The molecule has 0 aliphatic rings. The number of hydroxylamine groups is 1. The molecule has 0 rings (SSSR count). The number of nitrogens with one attached hydrogen (secondary N) is 1. The number of hydrogen-bond acceptors (Lipinski definition) is 8. The van der Waals surface area contributed by atoms with Crippen molar-refractivity contribution in [2.45, 2.75) is 18.3 Å². The van der Waals surface area contributed by atoms with Crippen molar-refractivity contribution in [3.05, 3.63) is 0 Å². The molecule has 5 N–H and O–H groups in total. The van der Waals surface area contributed by atoms with E-state index < -0.39 is 39.1 Å². The van der Waals surface area contributed by atoms with Gasteiger partial charge >= 0.3 is 8.25 Å². The minimum atomic E-state index is -3.20.